The van der Waals surface area contributed by atoms with Gasteiger partial charge in [-0.05, 0) is 25.2 Å². The molecule has 0 heterocycles. The summed E-state index contributed by atoms with van der Waals surface area (Å²) in [7, 11) is 0. The van der Waals surface area contributed by atoms with E-state index in [9.17, 15) is 14.4 Å². The van der Waals surface area contributed by atoms with Crippen LogP contribution in [0.15, 0.2) is 0 Å². The summed E-state index contributed by atoms with van der Waals surface area (Å²) >= 11 is 0. The highest BCUT2D eigenvalue weighted by molar-refractivity contribution is 5.71. The first-order valence-corrected chi connectivity index (χ1v) is 31.4. The van der Waals surface area contributed by atoms with Crippen LogP contribution in [0.3, 0.4) is 0 Å². The third-order valence-electron chi connectivity index (χ3n) is 14.9. The molecule has 0 amide bonds. The quantitative estimate of drug-likeness (QED) is 0.0343. The van der Waals surface area contributed by atoms with Crippen molar-refractivity contribution < 1.29 is 28.6 Å². The second-order valence-corrected chi connectivity index (χ2v) is 21.9. The lowest BCUT2D eigenvalue weighted by atomic mass is 9.99. The van der Waals surface area contributed by atoms with Crippen molar-refractivity contribution in [2.24, 2.45) is 5.92 Å². The van der Waals surface area contributed by atoms with E-state index in [4.69, 9.17) is 14.2 Å². The van der Waals surface area contributed by atoms with Crippen molar-refractivity contribution in [1.29, 1.82) is 0 Å². The Labute approximate surface area is 431 Å². The van der Waals surface area contributed by atoms with Gasteiger partial charge in [0.25, 0.3) is 0 Å². The van der Waals surface area contributed by atoms with Crippen LogP contribution in [0.5, 0.6) is 0 Å². The van der Waals surface area contributed by atoms with E-state index in [1.165, 1.54) is 257 Å². The lowest BCUT2D eigenvalue weighted by Gasteiger charge is -2.18. The Balaban J connectivity index is 4.24. The molecule has 410 valence electrons. The lowest BCUT2D eigenvalue weighted by Crippen LogP contribution is -2.30. The number of unbranched alkanes of at least 4 members (excludes halogenated alkanes) is 44. The van der Waals surface area contributed by atoms with Crippen LogP contribution in [-0.4, -0.2) is 37.2 Å². The van der Waals surface area contributed by atoms with Gasteiger partial charge in [0.2, 0.25) is 0 Å². The van der Waals surface area contributed by atoms with E-state index in [1.54, 1.807) is 0 Å². The van der Waals surface area contributed by atoms with Gasteiger partial charge in [-0.25, -0.2) is 0 Å². The number of carbonyl (C=O) groups excluding carboxylic acids is 3. The molecular weight excluding hydrogens is 853 g/mol. The maximum absolute atomic E-state index is 12.9. The molecule has 0 spiro atoms. The van der Waals surface area contributed by atoms with E-state index in [0.717, 1.165) is 63.7 Å². The van der Waals surface area contributed by atoms with Crippen molar-refractivity contribution in [3.8, 4) is 0 Å². The van der Waals surface area contributed by atoms with Crippen LogP contribution >= 0.6 is 0 Å². The minimum Gasteiger partial charge on any atom is -0.462 e. The highest BCUT2D eigenvalue weighted by atomic mass is 16.6. The van der Waals surface area contributed by atoms with Gasteiger partial charge in [-0.3, -0.25) is 14.4 Å². The molecule has 0 bridgehead atoms. The predicted molar refractivity (Wildman–Crippen MR) is 298 cm³/mol. The average molecular weight is 976 g/mol. The first-order valence-electron chi connectivity index (χ1n) is 31.4. The molecule has 0 N–H and O–H groups in total. The Morgan fingerprint density at radius 3 is 0.754 bits per heavy atom. The maximum Gasteiger partial charge on any atom is 0.306 e. The van der Waals surface area contributed by atoms with E-state index >= 15 is 0 Å². The summed E-state index contributed by atoms with van der Waals surface area (Å²) in [6, 6.07) is 0. The smallest absolute Gasteiger partial charge is 0.306 e. The molecule has 0 aromatic heterocycles. The van der Waals surface area contributed by atoms with Gasteiger partial charge >= 0.3 is 17.9 Å². The van der Waals surface area contributed by atoms with Crippen LogP contribution in [-0.2, 0) is 28.6 Å². The molecule has 2 atom stereocenters. The Kier molecular flexibility index (Phi) is 56.0. The van der Waals surface area contributed by atoms with Gasteiger partial charge in [0, 0.05) is 19.3 Å². The Hall–Kier alpha value is -1.59. The zero-order chi connectivity index (χ0) is 50.2. The summed E-state index contributed by atoms with van der Waals surface area (Å²) in [5.41, 5.74) is 0. The van der Waals surface area contributed by atoms with Crippen LogP contribution in [0.4, 0.5) is 0 Å². The Bertz CT molecular complexity index is 1040. The monoisotopic (exact) mass is 975 g/mol. The van der Waals surface area contributed by atoms with Gasteiger partial charge < -0.3 is 14.2 Å². The molecule has 1 unspecified atom stereocenters. The molecule has 6 heteroatoms. The second-order valence-electron chi connectivity index (χ2n) is 21.9. The number of ether oxygens (including phenoxy) is 3. The summed E-state index contributed by atoms with van der Waals surface area (Å²) in [5, 5.41) is 0. The molecule has 0 aliphatic carbocycles. The van der Waals surface area contributed by atoms with Gasteiger partial charge in [-0.2, -0.15) is 0 Å². The SMILES string of the molecule is CCCCCCCCCCCCCCCCCC(=O)O[C@@H](COC(=O)CCCCCCCCCCCCCCCC)COC(=O)CCCCCCCCCCCCCCCCCCCCC(C)CC. The highest BCUT2D eigenvalue weighted by Crippen LogP contribution is 2.19. The Morgan fingerprint density at radius 1 is 0.290 bits per heavy atom. The predicted octanol–water partition coefficient (Wildman–Crippen LogP) is 21.0. The van der Waals surface area contributed by atoms with Gasteiger partial charge in [0.05, 0.1) is 0 Å². The van der Waals surface area contributed by atoms with Crippen LogP contribution in [0.25, 0.3) is 0 Å². The number of esters is 3. The summed E-state index contributed by atoms with van der Waals surface area (Å²) in [5.74, 6) is 0.0811. The number of hydrogen-bond acceptors (Lipinski definition) is 6. The molecule has 0 aliphatic heterocycles. The van der Waals surface area contributed by atoms with E-state index in [1.807, 2.05) is 0 Å². The topological polar surface area (TPSA) is 78.9 Å². The third-order valence-corrected chi connectivity index (χ3v) is 14.9. The van der Waals surface area contributed by atoms with E-state index in [2.05, 4.69) is 27.7 Å². The fraction of sp³-hybridized carbons (Fsp3) is 0.952. The fourth-order valence-electron chi connectivity index (χ4n) is 9.78. The van der Waals surface area contributed by atoms with Crippen LogP contribution < -0.4 is 0 Å². The van der Waals surface area contributed by atoms with Crippen molar-refractivity contribution >= 4 is 17.9 Å². The van der Waals surface area contributed by atoms with Crippen molar-refractivity contribution in [2.45, 2.75) is 368 Å². The number of hydrogen-bond donors (Lipinski definition) is 0. The molecule has 0 radical (unpaired) electrons. The molecule has 6 nitrogen and oxygen atoms in total. The van der Waals surface area contributed by atoms with Gasteiger partial charge in [0.15, 0.2) is 6.10 Å². The molecule has 0 aromatic rings. The van der Waals surface area contributed by atoms with Gasteiger partial charge in [-0.15, -0.1) is 0 Å². The highest BCUT2D eigenvalue weighted by Gasteiger charge is 2.19. The summed E-state index contributed by atoms with van der Waals surface area (Å²) in [6.07, 6.45) is 63.8. The minimum atomic E-state index is -0.762. The largest absolute Gasteiger partial charge is 0.462 e. The number of carbonyl (C=O) groups is 3. The Morgan fingerprint density at radius 2 is 0.507 bits per heavy atom. The summed E-state index contributed by atoms with van der Waals surface area (Å²) in [6.45, 7) is 9.12. The average Bonchev–Trinajstić information content (AvgIpc) is 3.35. The van der Waals surface area contributed by atoms with Crippen molar-refractivity contribution in [1.82, 2.24) is 0 Å². The van der Waals surface area contributed by atoms with Crippen molar-refractivity contribution in [3.63, 3.8) is 0 Å². The zero-order valence-corrected chi connectivity index (χ0v) is 47.3. The molecule has 0 fully saturated rings. The van der Waals surface area contributed by atoms with Crippen LogP contribution in [0.1, 0.15) is 362 Å². The first-order chi connectivity index (χ1) is 33.9. The number of rotatable bonds is 58. The van der Waals surface area contributed by atoms with Crippen molar-refractivity contribution in [2.75, 3.05) is 13.2 Å². The van der Waals surface area contributed by atoms with E-state index < -0.39 is 6.10 Å². The van der Waals surface area contributed by atoms with Gasteiger partial charge in [-0.1, -0.05) is 323 Å². The van der Waals surface area contributed by atoms with Crippen molar-refractivity contribution in [3.05, 3.63) is 0 Å². The van der Waals surface area contributed by atoms with Gasteiger partial charge in [0.1, 0.15) is 13.2 Å². The normalized spacial score (nSPS) is 12.3. The minimum absolute atomic E-state index is 0.0612. The lowest BCUT2D eigenvalue weighted by molar-refractivity contribution is -0.167. The maximum atomic E-state index is 12.9. The molecule has 69 heavy (non-hydrogen) atoms. The van der Waals surface area contributed by atoms with E-state index in [0.29, 0.717) is 19.3 Å². The first kappa shape index (κ1) is 67.4. The van der Waals surface area contributed by atoms with Crippen LogP contribution in [0, 0.1) is 5.92 Å². The second kappa shape index (κ2) is 57.3. The van der Waals surface area contributed by atoms with Crippen LogP contribution in [0.2, 0.25) is 0 Å². The zero-order valence-electron chi connectivity index (χ0n) is 47.3. The molecule has 0 aliphatic rings. The molecular formula is C63H122O6. The summed E-state index contributed by atoms with van der Waals surface area (Å²) < 4.78 is 16.9. The summed E-state index contributed by atoms with van der Waals surface area (Å²) in [4.78, 5) is 38.2. The molecule has 0 saturated carbocycles. The fourth-order valence-corrected chi connectivity index (χ4v) is 9.78. The molecule has 0 rings (SSSR count). The van der Waals surface area contributed by atoms with E-state index in [-0.39, 0.29) is 31.1 Å². The standard InChI is InChI=1S/C63H122O6/c1-5-8-10-12-14-16-18-20-26-32-36-40-44-48-52-56-63(66)69-60(57-67-61(64)54-50-46-42-38-34-30-21-19-17-15-13-11-9-6-2)58-68-62(65)55-51-47-43-39-35-31-28-25-23-22-24-27-29-33-37-41-45-49-53-59(4)7-3/h59-60H,5-58H2,1-4H3/t59?,60-/m0/s1. The molecule has 0 saturated heterocycles. The third kappa shape index (κ3) is 55.6. The molecule has 0 aromatic carbocycles.